The van der Waals surface area contributed by atoms with Crippen molar-refractivity contribution in [2.75, 3.05) is 0 Å². The Balaban J connectivity index is -0.0000000364. The van der Waals surface area contributed by atoms with Gasteiger partial charge in [0.05, 0.1) is 0 Å². The van der Waals surface area contributed by atoms with E-state index in [1.807, 2.05) is 0 Å². The second kappa shape index (κ2) is 18.4. The van der Waals surface area contributed by atoms with Crippen molar-refractivity contribution in [1.29, 1.82) is 0 Å². The first-order chi connectivity index (χ1) is 10.0. The number of hydrogen-bond acceptors (Lipinski definition) is 16. The molecule has 0 spiro atoms. The van der Waals surface area contributed by atoms with Crippen LogP contribution in [0.3, 0.4) is 0 Å². The molecule has 0 aliphatic heterocycles. The third-order valence-corrected chi connectivity index (χ3v) is 0. The minimum atomic E-state index is -5.17. The molecular weight excluding hydrogens is 534 g/mol. The minimum absolute atomic E-state index is 0. The smallest absolute Gasteiger partial charge is 0.759 e. The van der Waals surface area contributed by atoms with Crippen molar-refractivity contribution in [3.8, 4) is 0 Å². The summed E-state index contributed by atoms with van der Waals surface area (Å²) in [5, 5.41) is 0. The Kier molecular flexibility index (Phi) is 31.4. The largest absolute Gasteiger partial charge is 3.00 e. The van der Waals surface area contributed by atoms with E-state index in [2.05, 4.69) is 0 Å². The average Bonchev–Trinajstić information content (AvgIpc) is 1.79. The van der Waals surface area contributed by atoms with Crippen LogP contribution in [0.15, 0.2) is 0 Å². The average molecular weight is 538 g/mol. The maximum Gasteiger partial charge on any atom is 3.00 e. The topological polar surface area (TPSA) is 390 Å². The summed E-state index contributed by atoms with van der Waals surface area (Å²) < 4.78 is 165. The number of hydrogen-bond donors (Lipinski definition) is 4. The van der Waals surface area contributed by atoms with E-state index in [0.29, 0.717) is 0 Å². The summed E-state index contributed by atoms with van der Waals surface area (Å²) in [7, 11) is -24.8. The molecule has 0 heterocycles. The molecule has 27 heavy (non-hydrogen) atoms. The van der Waals surface area contributed by atoms with Gasteiger partial charge in [0.2, 0.25) is 0 Å². The van der Waals surface area contributed by atoms with Gasteiger partial charge in [-0.2, -0.15) is 16.8 Å². The maximum atomic E-state index is 8.74. The van der Waals surface area contributed by atoms with Crippen molar-refractivity contribution < 1.29 is 87.6 Å². The van der Waals surface area contributed by atoms with Crippen molar-refractivity contribution in [3.63, 3.8) is 0 Å². The van der Waals surface area contributed by atoms with Gasteiger partial charge in [0, 0.05) is 31.2 Å². The zero-order valence-electron chi connectivity index (χ0n) is 11.5. The van der Waals surface area contributed by atoms with Gasteiger partial charge in [-0.25, -0.2) is 0 Å². The molecule has 0 unspecified atom stereocenters. The van der Waals surface area contributed by atoms with Crippen molar-refractivity contribution in [2.24, 2.45) is 0 Å². The SMILES string of the molecule is O=S(=O)(O)O.O=S(=O)(O)O.O=S(=O)([O-])[O-].O=S(=O)([O-])[O-].O=S(=O)([O-])[O-].[Al+3].[Al+3]. The Hall–Kier alpha value is 0.415. The summed E-state index contributed by atoms with van der Waals surface area (Å²) >= 11 is 0. The fraction of sp³-hybridized carbons (Fsp3) is 0. The Morgan fingerprint density at radius 3 is 0.370 bits per heavy atom. The van der Waals surface area contributed by atoms with Gasteiger partial charge in [-0.3, -0.25) is 43.5 Å². The second-order valence-electron chi connectivity index (χ2n) is 2.12. The molecule has 0 atom stereocenters. The summed E-state index contributed by atoms with van der Waals surface area (Å²) in [6.07, 6.45) is 0. The van der Waals surface area contributed by atoms with Gasteiger partial charge in [-0.1, -0.05) is 0 Å². The van der Waals surface area contributed by atoms with E-state index in [4.69, 9.17) is 87.6 Å². The molecule has 0 rings (SSSR count). The van der Waals surface area contributed by atoms with E-state index in [-0.39, 0.29) is 34.7 Å². The van der Waals surface area contributed by atoms with Crippen LogP contribution in [0.5, 0.6) is 0 Å². The number of rotatable bonds is 0. The zero-order valence-corrected chi connectivity index (χ0v) is 17.9. The first-order valence-corrected chi connectivity index (χ1v) is 10.2. The van der Waals surface area contributed by atoms with Crippen molar-refractivity contribution in [2.45, 2.75) is 0 Å². The van der Waals surface area contributed by atoms with Gasteiger partial charge in [0.15, 0.2) is 0 Å². The molecular formula is H4Al2O20S5. The molecule has 20 nitrogen and oxygen atoms in total. The molecule has 160 valence electrons. The van der Waals surface area contributed by atoms with Crippen LogP contribution in [-0.4, -0.2) is 122 Å². The molecule has 0 aromatic heterocycles. The summed E-state index contributed by atoms with van der Waals surface area (Å²) in [4.78, 5) is 0. The van der Waals surface area contributed by atoms with E-state index in [1.165, 1.54) is 0 Å². The second-order valence-corrected chi connectivity index (χ2v) is 6.36. The molecule has 0 aromatic rings. The van der Waals surface area contributed by atoms with E-state index < -0.39 is 52.0 Å². The van der Waals surface area contributed by atoms with Crippen LogP contribution in [-0.2, 0) is 52.0 Å². The molecule has 27 heteroatoms. The summed E-state index contributed by atoms with van der Waals surface area (Å²) in [5.74, 6) is 0. The molecule has 0 aliphatic rings. The van der Waals surface area contributed by atoms with Crippen LogP contribution in [0, 0.1) is 0 Å². The fourth-order valence-corrected chi connectivity index (χ4v) is 0. The van der Waals surface area contributed by atoms with Gasteiger partial charge >= 0.3 is 55.5 Å². The molecule has 0 saturated heterocycles. The normalized spacial score (nSPS) is 10.7. The van der Waals surface area contributed by atoms with Crippen LogP contribution in [0.4, 0.5) is 0 Å². The van der Waals surface area contributed by atoms with E-state index in [1.54, 1.807) is 0 Å². The maximum absolute atomic E-state index is 8.74. The predicted molar refractivity (Wildman–Crippen MR) is 71.3 cm³/mol. The molecule has 0 aliphatic carbocycles. The van der Waals surface area contributed by atoms with Crippen molar-refractivity contribution in [1.82, 2.24) is 0 Å². The van der Waals surface area contributed by atoms with Crippen molar-refractivity contribution in [3.05, 3.63) is 0 Å². The third kappa shape index (κ3) is 91500. The standard InChI is InChI=1S/2Al.5H2O4S/c;;5*1-5(2,3)4/h;;5*(H2,1,2,3,4)/q2*+3;;;;;/p-6. The quantitative estimate of drug-likeness (QED) is 0.126. The van der Waals surface area contributed by atoms with Crippen LogP contribution < -0.4 is 0 Å². The van der Waals surface area contributed by atoms with E-state index in [9.17, 15) is 0 Å². The summed E-state index contributed by atoms with van der Waals surface area (Å²) in [5.41, 5.74) is 0. The third-order valence-electron chi connectivity index (χ3n) is 0. The van der Waals surface area contributed by atoms with Crippen LogP contribution in [0.1, 0.15) is 0 Å². The fourth-order valence-electron chi connectivity index (χ4n) is 0. The Morgan fingerprint density at radius 2 is 0.370 bits per heavy atom. The van der Waals surface area contributed by atoms with Gasteiger partial charge in [-0.05, 0) is 0 Å². The van der Waals surface area contributed by atoms with Crippen LogP contribution in [0.25, 0.3) is 0 Å². The molecule has 0 fully saturated rings. The first-order valence-electron chi connectivity index (χ1n) is 3.40. The molecule has 0 saturated carbocycles. The van der Waals surface area contributed by atoms with Gasteiger partial charge < -0.3 is 27.3 Å². The first kappa shape index (κ1) is 45.9. The van der Waals surface area contributed by atoms with E-state index in [0.717, 1.165) is 0 Å². The molecule has 0 amide bonds. The zero-order chi connectivity index (χ0) is 22.5. The van der Waals surface area contributed by atoms with Gasteiger partial charge in [-0.15, -0.1) is 0 Å². The summed E-state index contributed by atoms with van der Waals surface area (Å²) in [6.45, 7) is 0. The monoisotopic (exact) mass is 538 g/mol. The minimum Gasteiger partial charge on any atom is -0.759 e. The van der Waals surface area contributed by atoms with E-state index >= 15 is 0 Å². The van der Waals surface area contributed by atoms with Crippen molar-refractivity contribution >= 4 is 86.7 Å². The Morgan fingerprint density at radius 1 is 0.370 bits per heavy atom. The predicted octanol–water partition coefficient (Wildman–Crippen LogP) is -6.08. The molecule has 0 bridgehead atoms. The van der Waals surface area contributed by atoms with Gasteiger partial charge in [0.25, 0.3) is 0 Å². The molecule has 0 radical (unpaired) electrons. The Bertz CT molecular complexity index is 619. The summed E-state index contributed by atoms with van der Waals surface area (Å²) in [6, 6.07) is 0. The van der Waals surface area contributed by atoms with Crippen LogP contribution >= 0.6 is 0 Å². The molecule has 4 N–H and O–H groups in total. The molecule has 0 aromatic carbocycles. The Labute approximate surface area is 173 Å². The van der Waals surface area contributed by atoms with Crippen LogP contribution in [0.2, 0.25) is 0 Å². The van der Waals surface area contributed by atoms with Gasteiger partial charge in [0.1, 0.15) is 0 Å².